The zero-order valence-electron chi connectivity index (χ0n) is 17.1. The van der Waals surface area contributed by atoms with Crippen LogP contribution in [-0.4, -0.2) is 41.6 Å². The number of rotatable bonds is 5. The van der Waals surface area contributed by atoms with Gasteiger partial charge in [-0.3, -0.25) is 0 Å². The average molecular weight is 411 g/mol. The third-order valence-electron chi connectivity index (χ3n) is 5.73. The molecule has 0 aromatic carbocycles. The van der Waals surface area contributed by atoms with E-state index in [4.69, 9.17) is 0 Å². The Morgan fingerprint density at radius 1 is 1.20 bits per heavy atom. The second-order valence-electron chi connectivity index (χ2n) is 8.75. The van der Waals surface area contributed by atoms with Gasteiger partial charge in [-0.05, 0) is 43.4 Å². The van der Waals surface area contributed by atoms with Gasteiger partial charge in [-0.1, -0.05) is 13.8 Å². The van der Waals surface area contributed by atoms with Crippen molar-refractivity contribution < 1.29 is 8.78 Å². The van der Waals surface area contributed by atoms with Gasteiger partial charge in [0, 0.05) is 17.8 Å². The van der Waals surface area contributed by atoms with Gasteiger partial charge >= 0.3 is 0 Å². The van der Waals surface area contributed by atoms with Crippen LogP contribution in [0.3, 0.4) is 0 Å². The van der Waals surface area contributed by atoms with E-state index in [0.717, 1.165) is 23.9 Å². The van der Waals surface area contributed by atoms with E-state index in [-0.39, 0.29) is 0 Å². The fourth-order valence-electron chi connectivity index (χ4n) is 4.36. The molecule has 4 heterocycles. The Balaban J connectivity index is 1.48. The van der Waals surface area contributed by atoms with Crippen LogP contribution in [-0.2, 0) is 6.54 Å². The highest BCUT2D eigenvalue weighted by Gasteiger charge is 2.36. The van der Waals surface area contributed by atoms with Crippen molar-refractivity contribution in [2.45, 2.75) is 52.6 Å². The van der Waals surface area contributed by atoms with Crippen molar-refractivity contribution in [2.24, 2.45) is 5.41 Å². The van der Waals surface area contributed by atoms with E-state index >= 15 is 0 Å². The number of hydrogen-bond acceptors (Lipinski definition) is 5. The minimum Gasteiger partial charge on any atom is -0.350 e. The van der Waals surface area contributed by atoms with Gasteiger partial charge in [-0.2, -0.15) is 0 Å². The van der Waals surface area contributed by atoms with Crippen LogP contribution in [0.15, 0.2) is 30.6 Å². The standard InChI is InChI=1S/C21H23F2N7/c1-12-25-16-5-4-15(27-19(16)29(12)11-18(22)23)14-6-7-30-17(14)10-24-20(28-30)26-13-8-21(2,3)9-13/h4-7,10,13,18H,8-9,11H2,1-3H3,(H,26,28). The highest BCUT2D eigenvalue weighted by atomic mass is 19.3. The van der Waals surface area contributed by atoms with Gasteiger partial charge in [-0.25, -0.2) is 28.2 Å². The molecule has 9 heteroatoms. The molecule has 5 rings (SSSR count). The van der Waals surface area contributed by atoms with Gasteiger partial charge < -0.3 is 9.88 Å². The van der Waals surface area contributed by atoms with Gasteiger partial charge in [0.05, 0.1) is 24.0 Å². The molecule has 0 bridgehead atoms. The van der Waals surface area contributed by atoms with Gasteiger partial charge in [0.15, 0.2) is 5.65 Å². The van der Waals surface area contributed by atoms with Crippen LogP contribution in [0.1, 0.15) is 32.5 Å². The first kappa shape index (κ1) is 18.9. The molecule has 1 fully saturated rings. The molecule has 0 aliphatic heterocycles. The van der Waals surface area contributed by atoms with Crippen LogP contribution in [0.2, 0.25) is 0 Å². The van der Waals surface area contributed by atoms with Crippen molar-refractivity contribution in [1.82, 2.24) is 29.1 Å². The summed E-state index contributed by atoms with van der Waals surface area (Å²) < 4.78 is 29.2. The summed E-state index contributed by atoms with van der Waals surface area (Å²) in [4.78, 5) is 13.4. The van der Waals surface area contributed by atoms with Crippen LogP contribution in [0.4, 0.5) is 14.7 Å². The number of imidazole rings is 1. The van der Waals surface area contributed by atoms with Crippen molar-refractivity contribution in [1.29, 1.82) is 0 Å². The molecule has 1 N–H and O–H groups in total. The van der Waals surface area contributed by atoms with Gasteiger partial charge in [0.2, 0.25) is 5.95 Å². The Kier molecular flexibility index (Phi) is 4.23. The van der Waals surface area contributed by atoms with E-state index in [1.54, 1.807) is 17.6 Å². The molecular formula is C21H23F2N7. The number of aryl methyl sites for hydroxylation is 1. The molecule has 0 spiro atoms. The first-order chi connectivity index (χ1) is 14.3. The minimum atomic E-state index is -2.47. The summed E-state index contributed by atoms with van der Waals surface area (Å²) >= 11 is 0. The third-order valence-corrected chi connectivity index (χ3v) is 5.73. The van der Waals surface area contributed by atoms with Gasteiger partial charge in [0.25, 0.3) is 6.43 Å². The summed E-state index contributed by atoms with van der Waals surface area (Å²) in [6.45, 7) is 5.80. The zero-order valence-corrected chi connectivity index (χ0v) is 17.1. The lowest BCUT2D eigenvalue weighted by Gasteiger charge is -2.42. The maximum absolute atomic E-state index is 13.0. The second-order valence-corrected chi connectivity index (χ2v) is 8.75. The first-order valence-electron chi connectivity index (χ1n) is 10.0. The molecule has 7 nitrogen and oxygen atoms in total. The van der Waals surface area contributed by atoms with Crippen LogP contribution >= 0.6 is 0 Å². The van der Waals surface area contributed by atoms with E-state index in [1.807, 2.05) is 24.4 Å². The molecule has 0 saturated heterocycles. The molecule has 1 aliphatic rings. The molecule has 156 valence electrons. The number of aromatic nitrogens is 6. The van der Waals surface area contributed by atoms with Crippen molar-refractivity contribution in [3.63, 3.8) is 0 Å². The van der Waals surface area contributed by atoms with E-state index in [9.17, 15) is 8.78 Å². The number of alkyl halides is 2. The molecule has 0 amide bonds. The minimum absolute atomic E-state index is 0.377. The topological polar surface area (TPSA) is 72.9 Å². The number of hydrogen-bond donors (Lipinski definition) is 1. The number of halogens is 2. The summed E-state index contributed by atoms with van der Waals surface area (Å²) in [5.74, 6) is 1.12. The number of nitrogens with zero attached hydrogens (tertiary/aromatic N) is 6. The average Bonchev–Trinajstić information content (AvgIpc) is 3.20. The molecule has 0 atom stereocenters. The fraction of sp³-hybridized carbons (Fsp3) is 0.429. The summed E-state index contributed by atoms with van der Waals surface area (Å²) in [5, 5.41) is 7.95. The number of pyridine rings is 1. The van der Waals surface area contributed by atoms with E-state index < -0.39 is 13.0 Å². The number of fused-ring (bicyclic) bond motifs is 2. The summed E-state index contributed by atoms with van der Waals surface area (Å²) in [7, 11) is 0. The maximum atomic E-state index is 13.0. The van der Waals surface area contributed by atoms with Crippen LogP contribution in [0.5, 0.6) is 0 Å². The maximum Gasteiger partial charge on any atom is 0.256 e. The Morgan fingerprint density at radius 3 is 2.73 bits per heavy atom. The molecule has 0 radical (unpaired) electrons. The Morgan fingerprint density at radius 2 is 2.00 bits per heavy atom. The zero-order chi connectivity index (χ0) is 21.0. The van der Waals surface area contributed by atoms with E-state index in [2.05, 4.69) is 39.2 Å². The number of nitrogens with one attached hydrogen (secondary N) is 1. The molecule has 4 aromatic rings. The quantitative estimate of drug-likeness (QED) is 0.530. The smallest absolute Gasteiger partial charge is 0.256 e. The van der Waals surface area contributed by atoms with Crippen molar-refractivity contribution >= 4 is 22.6 Å². The van der Waals surface area contributed by atoms with Crippen LogP contribution in [0, 0.1) is 12.3 Å². The lowest BCUT2D eigenvalue weighted by Crippen LogP contribution is -2.41. The van der Waals surface area contributed by atoms with Gasteiger partial charge in [-0.15, -0.1) is 5.10 Å². The predicted octanol–water partition coefficient (Wildman–Crippen LogP) is 4.32. The van der Waals surface area contributed by atoms with E-state index in [0.29, 0.717) is 40.1 Å². The van der Waals surface area contributed by atoms with Crippen molar-refractivity contribution in [2.75, 3.05) is 5.32 Å². The third kappa shape index (κ3) is 3.28. The normalized spacial score (nSPS) is 16.5. The molecule has 30 heavy (non-hydrogen) atoms. The molecule has 0 unspecified atom stereocenters. The Labute approximate surface area is 172 Å². The summed E-state index contributed by atoms with van der Waals surface area (Å²) in [6, 6.07) is 5.97. The second kappa shape index (κ2) is 6.72. The highest BCUT2D eigenvalue weighted by molar-refractivity contribution is 5.82. The molecule has 4 aromatic heterocycles. The van der Waals surface area contributed by atoms with Crippen molar-refractivity contribution in [3.05, 3.63) is 36.4 Å². The van der Waals surface area contributed by atoms with E-state index in [1.165, 1.54) is 4.57 Å². The SMILES string of the molecule is Cc1nc2ccc(-c3ccn4nc(NC5CC(C)(C)C5)ncc34)nc2n1CC(F)F. The largest absolute Gasteiger partial charge is 0.350 e. The first-order valence-corrected chi connectivity index (χ1v) is 10.0. The predicted molar refractivity (Wildman–Crippen MR) is 111 cm³/mol. The highest BCUT2D eigenvalue weighted by Crippen LogP contribution is 2.41. The Hall–Kier alpha value is -3.10. The lowest BCUT2D eigenvalue weighted by atomic mass is 9.68. The Bertz CT molecular complexity index is 1230. The monoisotopic (exact) mass is 411 g/mol. The fourth-order valence-corrected chi connectivity index (χ4v) is 4.36. The molecule has 1 saturated carbocycles. The molecule has 1 aliphatic carbocycles. The summed E-state index contributed by atoms with van der Waals surface area (Å²) in [6.07, 6.45) is 3.35. The number of anilines is 1. The van der Waals surface area contributed by atoms with Crippen LogP contribution in [0.25, 0.3) is 27.9 Å². The van der Waals surface area contributed by atoms with Crippen molar-refractivity contribution in [3.8, 4) is 11.3 Å². The lowest BCUT2D eigenvalue weighted by molar-refractivity contribution is 0.127. The molecular weight excluding hydrogens is 388 g/mol. The van der Waals surface area contributed by atoms with Gasteiger partial charge in [0.1, 0.15) is 11.3 Å². The summed E-state index contributed by atoms with van der Waals surface area (Å²) in [5.41, 5.74) is 3.75. The van der Waals surface area contributed by atoms with Crippen LogP contribution < -0.4 is 5.32 Å².